The predicted octanol–water partition coefficient (Wildman–Crippen LogP) is 2.33. The molecule has 1 saturated heterocycles. The molecule has 0 saturated carbocycles. The third-order valence-corrected chi connectivity index (χ3v) is 3.66. The molecule has 3 rings (SSSR count). The number of amides is 2. The summed E-state index contributed by atoms with van der Waals surface area (Å²) in [5.74, 6) is 0.549. The summed E-state index contributed by atoms with van der Waals surface area (Å²) in [6.45, 7) is 0.696. The number of oxazole rings is 1. The van der Waals surface area contributed by atoms with Crippen molar-refractivity contribution in [3.8, 4) is 11.5 Å². The van der Waals surface area contributed by atoms with Crippen molar-refractivity contribution in [3.63, 3.8) is 0 Å². The van der Waals surface area contributed by atoms with Crippen LogP contribution in [-0.4, -0.2) is 40.2 Å². The van der Waals surface area contributed by atoms with E-state index in [1.807, 2.05) is 24.3 Å². The number of likely N-dealkylation sites (tertiary alicyclic amines) is 1. The highest BCUT2D eigenvalue weighted by Crippen LogP contribution is 2.21. The number of aliphatic hydroxyl groups excluding tert-OH is 1. The van der Waals surface area contributed by atoms with Crippen molar-refractivity contribution in [1.29, 1.82) is 0 Å². The van der Waals surface area contributed by atoms with E-state index < -0.39 is 0 Å². The van der Waals surface area contributed by atoms with Crippen molar-refractivity contribution in [1.82, 2.24) is 9.88 Å². The third kappa shape index (κ3) is 2.90. The maximum absolute atomic E-state index is 12.2. The lowest BCUT2D eigenvalue weighted by Gasteiger charge is -2.23. The zero-order valence-electron chi connectivity index (χ0n) is 11.5. The van der Waals surface area contributed by atoms with Crippen LogP contribution in [0.3, 0.4) is 0 Å². The van der Waals surface area contributed by atoms with Gasteiger partial charge in [0.1, 0.15) is 6.26 Å². The minimum atomic E-state index is -0.171. The van der Waals surface area contributed by atoms with Crippen molar-refractivity contribution in [2.45, 2.75) is 18.9 Å². The van der Waals surface area contributed by atoms with Crippen LogP contribution in [0.15, 0.2) is 41.1 Å². The molecule has 0 spiro atoms. The van der Waals surface area contributed by atoms with E-state index >= 15 is 0 Å². The van der Waals surface area contributed by atoms with Gasteiger partial charge in [-0.25, -0.2) is 9.78 Å². The SMILES string of the molecule is O=C(Nc1ccc(-c2ncco2)cc1)N1CCCC1CO. The van der Waals surface area contributed by atoms with Gasteiger partial charge in [0.05, 0.1) is 18.8 Å². The molecule has 0 radical (unpaired) electrons. The fourth-order valence-electron chi connectivity index (χ4n) is 2.55. The largest absolute Gasteiger partial charge is 0.445 e. The summed E-state index contributed by atoms with van der Waals surface area (Å²) in [5.41, 5.74) is 1.56. The van der Waals surface area contributed by atoms with E-state index in [-0.39, 0.29) is 18.7 Å². The first-order valence-corrected chi connectivity index (χ1v) is 6.96. The zero-order valence-corrected chi connectivity index (χ0v) is 11.5. The van der Waals surface area contributed by atoms with E-state index in [9.17, 15) is 9.90 Å². The summed E-state index contributed by atoms with van der Waals surface area (Å²) in [6.07, 6.45) is 4.90. The minimum Gasteiger partial charge on any atom is -0.445 e. The summed E-state index contributed by atoms with van der Waals surface area (Å²) in [6, 6.07) is 7.05. The highest BCUT2D eigenvalue weighted by atomic mass is 16.3. The topological polar surface area (TPSA) is 78.6 Å². The van der Waals surface area contributed by atoms with Gasteiger partial charge < -0.3 is 19.7 Å². The first-order chi connectivity index (χ1) is 10.3. The zero-order chi connectivity index (χ0) is 14.7. The van der Waals surface area contributed by atoms with E-state index in [4.69, 9.17) is 4.42 Å². The number of carbonyl (C=O) groups is 1. The molecule has 2 heterocycles. The van der Waals surface area contributed by atoms with E-state index in [1.165, 1.54) is 6.26 Å². The molecular formula is C15H17N3O3. The highest BCUT2D eigenvalue weighted by molar-refractivity contribution is 5.90. The van der Waals surface area contributed by atoms with Gasteiger partial charge in [0.15, 0.2) is 0 Å². The summed E-state index contributed by atoms with van der Waals surface area (Å²) < 4.78 is 5.22. The fraction of sp³-hybridized carbons (Fsp3) is 0.333. The Bertz CT molecular complexity index is 595. The third-order valence-electron chi connectivity index (χ3n) is 3.66. The Hall–Kier alpha value is -2.34. The van der Waals surface area contributed by atoms with Crippen LogP contribution < -0.4 is 5.32 Å². The first kappa shape index (κ1) is 13.6. The lowest BCUT2D eigenvalue weighted by atomic mass is 10.2. The monoisotopic (exact) mass is 287 g/mol. The van der Waals surface area contributed by atoms with Gasteiger partial charge in [-0.05, 0) is 37.1 Å². The number of hydrogen-bond donors (Lipinski definition) is 2. The van der Waals surface area contributed by atoms with Crippen molar-refractivity contribution in [3.05, 3.63) is 36.7 Å². The molecule has 0 aliphatic carbocycles. The number of carbonyl (C=O) groups excluding carboxylic acids is 1. The molecule has 21 heavy (non-hydrogen) atoms. The highest BCUT2D eigenvalue weighted by Gasteiger charge is 2.27. The molecule has 1 aliphatic heterocycles. The van der Waals surface area contributed by atoms with E-state index in [2.05, 4.69) is 10.3 Å². The number of aromatic nitrogens is 1. The van der Waals surface area contributed by atoms with E-state index in [0.29, 0.717) is 18.1 Å². The summed E-state index contributed by atoms with van der Waals surface area (Å²) in [5, 5.41) is 12.1. The Morgan fingerprint density at radius 2 is 2.24 bits per heavy atom. The second kappa shape index (κ2) is 5.97. The van der Waals surface area contributed by atoms with Gasteiger partial charge in [-0.2, -0.15) is 0 Å². The standard InChI is InChI=1S/C15H17N3O3/c19-10-13-2-1-8-18(13)15(20)17-12-5-3-11(4-6-12)14-16-7-9-21-14/h3-7,9,13,19H,1-2,8,10H2,(H,17,20). The maximum Gasteiger partial charge on any atom is 0.322 e. The van der Waals surface area contributed by atoms with Crippen LogP contribution in [-0.2, 0) is 0 Å². The number of rotatable bonds is 3. The molecule has 6 nitrogen and oxygen atoms in total. The van der Waals surface area contributed by atoms with Gasteiger partial charge in [0, 0.05) is 17.8 Å². The van der Waals surface area contributed by atoms with Gasteiger partial charge in [0.25, 0.3) is 0 Å². The van der Waals surface area contributed by atoms with Crippen LogP contribution in [0.5, 0.6) is 0 Å². The molecule has 2 N–H and O–H groups in total. The molecule has 1 unspecified atom stereocenters. The Balaban J connectivity index is 1.66. The van der Waals surface area contributed by atoms with Crippen LogP contribution in [0.2, 0.25) is 0 Å². The van der Waals surface area contributed by atoms with E-state index in [0.717, 1.165) is 18.4 Å². The Kier molecular flexibility index (Phi) is 3.87. The number of anilines is 1. The second-order valence-corrected chi connectivity index (χ2v) is 5.02. The Morgan fingerprint density at radius 1 is 1.43 bits per heavy atom. The number of aliphatic hydroxyl groups is 1. The summed E-state index contributed by atoms with van der Waals surface area (Å²) in [4.78, 5) is 17.9. The lowest BCUT2D eigenvalue weighted by molar-refractivity contribution is 0.166. The molecule has 0 bridgehead atoms. The second-order valence-electron chi connectivity index (χ2n) is 5.02. The fourth-order valence-corrected chi connectivity index (χ4v) is 2.55. The molecule has 1 aromatic heterocycles. The van der Waals surface area contributed by atoms with Crippen LogP contribution in [0.1, 0.15) is 12.8 Å². The molecule has 110 valence electrons. The van der Waals surface area contributed by atoms with Gasteiger partial charge in [-0.3, -0.25) is 0 Å². The van der Waals surface area contributed by atoms with Crippen molar-refractivity contribution >= 4 is 11.7 Å². The van der Waals surface area contributed by atoms with Gasteiger partial charge in [-0.1, -0.05) is 0 Å². The molecule has 6 heteroatoms. The number of nitrogens with one attached hydrogen (secondary N) is 1. The van der Waals surface area contributed by atoms with Crippen molar-refractivity contribution in [2.24, 2.45) is 0 Å². The van der Waals surface area contributed by atoms with Crippen LogP contribution in [0.25, 0.3) is 11.5 Å². The van der Waals surface area contributed by atoms with Gasteiger partial charge >= 0.3 is 6.03 Å². The van der Waals surface area contributed by atoms with Crippen LogP contribution in [0, 0.1) is 0 Å². The Labute approximate surface area is 122 Å². The number of urea groups is 1. The van der Waals surface area contributed by atoms with Crippen molar-refractivity contribution in [2.75, 3.05) is 18.5 Å². The van der Waals surface area contributed by atoms with E-state index in [1.54, 1.807) is 11.1 Å². The quantitative estimate of drug-likeness (QED) is 0.908. The van der Waals surface area contributed by atoms with Gasteiger partial charge in [-0.15, -0.1) is 0 Å². The number of benzene rings is 1. The summed E-state index contributed by atoms with van der Waals surface area (Å²) >= 11 is 0. The van der Waals surface area contributed by atoms with Gasteiger partial charge in [0.2, 0.25) is 5.89 Å². The molecule has 1 atom stereocenters. The minimum absolute atomic E-state index is 0.0104. The molecule has 2 amide bonds. The molecule has 1 fully saturated rings. The van der Waals surface area contributed by atoms with Crippen LogP contribution in [0.4, 0.5) is 10.5 Å². The normalized spacial score (nSPS) is 18.0. The smallest absolute Gasteiger partial charge is 0.322 e. The van der Waals surface area contributed by atoms with Crippen LogP contribution >= 0.6 is 0 Å². The molecular weight excluding hydrogens is 270 g/mol. The average molecular weight is 287 g/mol. The lowest BCUT2D eigenvalue weighted by Crippen LogP contribution is -2.40. The first-order valence-electron chi connectivity index (χ1n) is 6.96. The molecule has 2 aromatic rings. The Morgan fingerprint density at radius 3 is 2.90 bits per heavy atom. The number of nitrogens with zero attached hydrogens (tertiary/aromatic N) is 2. The molecule has 1 aliphatic rings. The number of hydrogen-bond acceptors (Lipinski definition) is 4. The summed E-state index contributed by atoms with van der Waals surface area (Å²) in [7, 11) is 0. The van der Waals surface area contributed by atoms with Crippen molar-refractivity contribution < 1.29 is 14.3 Å². The molecule has 1 aromatic carbocycles. The predicted molar refractivity (Wildman–Crippen MR) is 77.8 cm³/mol. The average Bonchev–Trinajstić information content (AvgIpc) is 3.19. The maximum atomic E-state index is 12.2.